The van der Waals surface area contributed by atoms with Crippen LogP contribution >= 0.6 is 22.9 Å². The van der Waals surface area contributed by atoms with Gasteiger partial charge in [-0.3, -0.25) is 9.59 Å². The summed E-state index contributed by atoms with van der Waals surface area (Å²) in [4.78, 5) is 35.8. The fourth-order valence-corrected chi connectivity index (χ4v) is 3.89. The molecule has 0 spiro atoms. The molecule has 1 heterocycles. The Balaban J connectivity index is 1.57. The van der Waals surface area contributed by atoms with Crippen molar-refractivity contribution in [2.24, 2.45) is 0 Å². The predicted molar refractivity (Wildman–Crippen MR) is 112 cm³/mol. The minimum atomic E-state index is -0.628. The van der Waals surface area contributed by atoms with Crippen LogP contribution in [0, 0.1) is 0 Å². The smallest absolute Gasteiger partial charge is 0.331 e. The Labute approximate surface area is 170 Å². The van der Waals surface area contributed by atoms with Crippen molar-refractivity contribution >= 4 is 62.4 Å². The van der Waals surface area contributed by atoms with Gasteiger partial charge < -0.3 is 10.1 Å². The molecule has 0 fully saturated rings. The molecule has 1 N–H and O–H groups in total. The lowest BCUT2D eigenvalue weighted by Crippen LogP contribution is -2.12. The average molecular weight is 414 g/mol. The van der Waals surface area contributed by atoms with Crippen LogP contribution in [0.3, 0.4) is 0 Å². The first-order valence-corrected chi connectivity index (χ1v) is 9.56. The first-order chi connectivity index (χ1) is 13.4. The quantitative estimate of drug-likeness (QED) is 0.352. The van der Waals surface area contributed by atoms with Crippen molar-refractivity contribution in [2.45, 2.75) is 6.92 Å². The van der Waals surface area contributed by atoms with Crippen LogP contribution in [-0.2, 0) is 14.3 Å². The Hall–Kier alpha value is -2.96. The predicted octanol–water partition coefficient (Wildman–Crippen LogP) is 4.95. The zero-order chi connectivity index (χ0) is 20.1. The third-order valence-electron chi connectivity index (χ3n) is 3.80. The van der Waals surface area contributed by atoms with Crippen LogP contribution in [0.25, 0.3) is 16.2 Å². The maximum absolute atomic E-state index is 12.1. The number of Topliss-reactive ketones (excluding diaryl/α,β-unsaturated/α-hetero) is 1. The molecule has 142 valence electrons. The van der Waals surface area contributed by atoms with E-state index >= 15 is 0 Å². The molecule has 0 saturated heterocycles. The van der Waals surface area contributed by atoms with Gasteiger partial charge in [0.2, 0.25) is 5.91 Å². The van der Waals surface area contributed by atoms with E-state index in [0.717, 1.165) is 15.0 Å². The molecular weight excluding hydrogens is 398 g/mol. The van der Waals surface area contributed by atoms with E-state index < -0.39 is 5.97 Å². The molecule has 0 saturated carbocycles. The summed E-state index contributed by atoms with van der Waals surface area (Å²) in [5.41, 5.74) is 0.975. The summed E-state index contributed by atoms with van der Waals surface area (Å²) < 4.78 is 6.03. The van der Waals surface area contributed by atoms with E-state index in [0.29, 0.717) is 16.3 Å². The Morgan fingerprint density at radius 1 is 1.11 bits per heavy atom. The summed E-state index contributed by atoms with van der Waals surface area (Å²) >= 11 is 7.79. The van der Waals surface area contributed by atoms with E-state index in [9.17, 15) is 14.4 Å². The molecule has 28 heavy (non-hydrogen) atoms. The zero-order valence-electron chi connectivity index (χ0n) is 14.9. The first-order valence-electron chi connectivity index (χ1n) is 8.37. The standard InChI is InChI=1S/C21H16ClNO4S/c1-13(24)23-15-8-6-14(7-9-15)17(25)12-27-20(26)11-10-19-21(22)16-4-2-3-5-18(16)28-19/h2-11H,12H2,1H3,(H,23,24)/b11-10+. The highest BCUT2D eigenvalue weighted by atomic mass is 35.5. The average Bonchev–Trinajstić information content (AvgIpc) is 3.00. The van der Waals surface area contributed by atoms with Gasteiger partial charge in [0, 0.05) is 39.2 Å². The zero-order valence-corrected chi connectivity index (χ0v) is 16.5. The lowest BCUT2D eigenvalue weighted by Gasteiger charge is -2.04. The Morgan fingerprint density at radius 3 is 2.50 bits per heavy atom. The Morgan fingerprint density at radius 2 is 1.82 bits per heavy atom. The van der Waals surface area contributed by atoms with Crippen molar-refractivity contribution < 1.29 is 19.1 Å². The topological polar surface area (TPSA) is 72.5 Å². The first kappa shape index (κ1) is 19.8. The number of ether oxygens (including phenoxy) is 1. The number of amides is 1. The van der Waals surface area contributed by atoms with E-state index in [1.807, 2.05) is 24.3 Å². The highest BCUT2D eigenvalue weighted by Crippen LogP contribution is 2.35. The molecule has 0 aliphatic rings. The number of hydrogen-bond acceptors (Lipinski definition) is 5. The normalized spacial score (nSPS) is 10.9. The van der Waals surface area contributed by atoms with Crippen molar-refractivity contribution in [3.05, 3.63) is 70.1 Å². The molecule has 5 nitrogen and oxygen atoms in total. The molecule has 0 aliphatic carbocycles. The number of carbonyl (C=O) groups excluding carboxylic acids is 3. The molecule has 0 unspecified atom stereocenters. The van der Waals surface area contributed by atoms with E-state index in [4.69, 9.17) is 16.3 Å². The highest BCUT2D eigenvalue weighted by Gasteiger charge is 2.10. The van der Waals surface area contributed by atoms with Gasteiger partial charge >= 0.3 is 5.97 Å². The number of nitrogens with one attached hydrogen (secondary N) is 1. The molecule has 0 bridgehead atoms. The third kappa shape index (κ3) is 4.85. The Bertz CT molecular complexity index is 1070. The number of esters is 1. The largest absolute Gasteiger partial charge is 0.454 e. The summed E-state index contributed by atoms with van der Waals surface area (Å²) in [5.74, 6) is -1.16. The van der Waals surface area contributed by atoms with Crippen molar-refractivity contribution in [3.8, 4) is 0 Å². The highest BCUT2D eigenvalue weighted by molar-refractivity contribution is 7.20. The van der Waals surface area contributed by atoms with Gasteiger partial charge in [0.05, 0.1) is 5.02 Å². The van der Waals surface area contributed by atoms with Crippen molar-refractivity contribution in [3.63, 3.8) is 0 Å². The number of fused-ring (bicyclic) bond motifs is 1. The third-order valence-corrected chi connectivity index (χ3v) is 5.46. The Kier molecular flexibility index (Phi) is 6.23. The van der Waals surface area contributed by atoms with Crippen molar-refractivity contribution in [1.82, 2.24) is 0 Å². The second-order valence-electron chi connectivity index (χ2n) is 5.90. The fourth-order valence-electron chi connectivity index (χ4n) is 2.49. The van der Waals surface area contributed by atoms with E-state index in [-0.39, 0.29) is 18.3 Å². The number of halogens is 1. The number of ketones is 1. The van der Waals surface area contributed by atoms with E-state index in [1.54, 1.807) is 30.3 Å². The second-order valence-corrected chi connectivity index (χ2v) is 7.36. The lowest BCUT2D eigenvalue weighted by atomic mass is 10.1. The molecule has 0 radical (unpaired) electrons. The molecule has 7 heteroatoms. The number of thiophene rings is 1. The van der Waals surface area contributed by atoms with Crippen LogP contribution in [0.4, 0.5) is 5.69 Å². The summed E-state index contributed by atoms with van der Waals surface area (Å²) in [6.45, 7) is 1.03. The molecule has 0 atom stereocenters. The summed E-state index contributed by atoms with van der Waals surface area (Å²) in [6.07, 6.45) is 2.84. The maximum atomic E-state index is 12.1. The molecular formula is C21H16ClNO4S. The van der Waals surface area contributed by atoms with Crippen LogP contribution in [0.5, 0.6) is 0 Å². The number of anilines is 1. The van der Waals surface area contributed by atoms with Gasteiger partial charge in [0.15, 0.2) is 12.4 Å². The molecule has 1 aromatic heterocycles. The van der Waals surface area contributed by atoms with Crippen molar-refractivity contribution in [1.29, 1.82) is 0 Å². The molecule has 3 aromatic rings. The van der Waals surface area contributed by atoms with Crippen LogP contribution < -0.4 is 5.32 Å². The van der Waals surface area contributed by atoms with Gasteiger partial charge in [-0.2, -0.15) is 0 Å². The van der Waals surface area contributed by atoms with Gasteiger partial charge in [-0.15, -0.1) is 11.3 Å². The van der Waals surface area contributed by atoms with Gasteiger partial charge in [0.25, 0.3) is 0 Å². The van der Waals surface area contributed by atoms with Crippen LogP contribution in [-0.4, -0.2) is 24.3 Å². The van der Waals surface area contributed by atoms with E-state index in [2.05, 4.69) is 5.32 Å². The molecule has 2 aromatic carbocycles. The van der Waals surface area contributed by atoms with Gasteiger partial charge in [-0.1, -0.05) is 29.8 Å². The van der Waals surface area contributed by atoms with Crippen LogP contribution in [0.1, 0.15) is 22.2 Å². The number of benzene rings is 2. The lowest BCUT2D eigenvalue weighted by molar-refractivity contribution is -0.136. The number of rotatable bonds is 6. The minimum Gasteiger partial charge on any atom is -0.454 e. The molecule has 0 aliphatic heterocycles. The summed E-state index contributed by atoms with van der Waals surface area (Å²) in [7, 11) is 0. The molecule has 1 amide bonds. The number of carbonyl (C=O) groups is 3. The van der Waals surface area contributed by atoms with Gasteiger partial charge in [-0.05, 0) is 36.4 Å². The summed E-state index contributed by atoms with van der Waals surface area (Å²) in [5, 5.41) is 4.13. The van der Waals surface area contributed by atoms with Gasteiger partial charge in [-0.25, -0.2) is 4.79 Å². The van der Waals surface area contributed by atoms with E-state index in [1.165, 1.54) is 24.3 Å². The fraction of sp³-hybridized carbons (Fsp3) is 0.0952. The molecule has 3 rings (SSSR count). The van der Waals surface area contributed by atoms with Gasteiger partial charge in [0.1, 0.15) is 0 Å². The van der Waals surface area contributed by atoms with Crippen molar-refractivity contribution in [2.75, 3.05) is 11.9 Å². The number of hydrogen-bond donors (Lipinski definition) is 1. The SMILES string of the molecule is CC(=O)Nc1ccc(C(=O)COC(=O)/C=C/c2sc3ccccc3c2Cl)cc1. The van der Waals surface area contributed by atoms with Crippen LogP contribution in [0.2, 0.25) is 5.02 Å². The minimum absolute atomic E-state index is 0.196. The maximum Gasteiger partial charge on any atom is 0.331 e. The van der Waals surface area contributed by atoms with Crippen LogP contribution in [0.15, 0.2) is 54.6 Å². The second kappa shape index (κ2) is 8.82. The monoisotopic (exact) mass is 413 g/mol. The summed E-state index contributed by atoms with van der Waals surface area (Å²) in [6, 6.07) is 14.0.